The van der Waals surface area contributed by atoms with Gasteiger partial charge in [0.15, 0.2) is 0 Å². The van der Waals surface area contributed by atoms with Crippen LogP contribution in [0.25, 0.3) is 0 Å². The number of rotatable bonds is 2. The molecule has 0 aliphatic heterocycles. The van der Waals surface area contributed by atoms with Crippen molar-refractivity contribution in [3.8, 4) is 0 Å². The maximum atomic E-state index is 11.9. The molecule has 13 heavy (non-hydrogen) atoms. The Morgan fingerprint density at radius 3 is 2.00 bits per heavy atom. The summed E-state index contributed by atoms with van der Waals surface area (Å²) in [5, 5.41) is 11.9. The minimum atomic E-state index is -0.549. The van der Waals surface area contributed by atoms with Crippen LogP contribution in [0.2, 0.25) is 0 Å². The Bertz CT molecular complexity index is 122. The molecule has 3 heteroatoms. The molecule has 0 amide bonds. The van der Waals surface area contributed by atoms with Gasteiger partial charge in [0.1, 0.15) is 0 Å². The molecule has 0 spiro atoms. The van der Waals surface area contributed by atoms with E-state index in [9.17, 15) is 5.11 Å². The topological polar surface area (TPSA) is 23.1 Å². The molecule has 1 nitrogen and oxygen atoms in total. The molecule has 0 N–H and O–H groups in total. The zero-order chi connectivity index (χ0) is 8.32. The van der Waals surface area contributed by atoms with Gasteiger partial charge in [-0.3, -0.25) is 0 Å². The molecule has 1 aliphatic rings. The third-order valence-electron chi connectivity index (χ3n) is 2.55. The zero-order valence-electron chi connectivity index (χ0n) is 8.81. The molecule has 0 bridgehead atoms. The van der Waals surface area contributed by atoms with E-state index in [0.717, 1.165) is 32.1 Å². The van der Waals surface area contributed by atoms with Crippen LogP contribution in [-0.4, -0.2) is 28.7 Å². The van der Waals surface area contributed by atoms with E-state index in [0.29, 0.717) is 5.92 Å². The Morgan fingerprint density at radius 1 is 1.15 bits per heavy atom. The van der Waals surface area contributed by atoms with Gasteiger partial charge in [0.2, 0.25) is 0 Å². The minimum Gasteiger partial charge on any atom is -1.00 e. The predicted molar refractivity (Wildman–Crippen MR) is 51.0 cm³/mol. The van der Waals surface area contributed by atoms with Crippen molar-refractivity contribution in [3.63, 3.8) is 0 Å². The predicted octanol–water partition coefficient (Wildman–Crippen LogP) is -1.28. The second-order valence-corrected chi connectivity index (χ2v) is 4.34. The van der Waals surface area contributed by atoms with Crippen LogP contribution in [-0.2, 0) is 0 Å². The molecule has 0 atom stereocenters. The van der Waals surface area contributed by atoms with E-state index >= 15 is 0 Å². The van der Waals surface area contributed by atoms with Crippen molar-refractivity contribution in [2.24, 2.45) is 5.92 Å². The van der Waals surface area contributed by atoms with Gasteiger partial charge < -0.3 is 17.5 Å². The van der Waals surface area contributed by atoms with E-state index in [1.807, 2.05) is 0 Å². The van der Waals surface area contributed by atoms with Crippen LogP contribution in [0.4, 0.5) is 0 Å². The van der Waals surface area contributed by atoms with Crippen LogP contribution in [0.3, 0.4) is 0 Å². The normalized spacial score (nSPS) is 20.3. The zero-order valence-corrected chi connectivity index (χ0v) is 11.0. The van der Waals surface area contributed by atoms with Crippen molar-refractivity contribution in [1.29, 1.82) is 0 Å². The van der Waals surface area contributed by atoms with Gasteiger partial charge in [-0.25, -0.2) is 0 Å². The van der Waals surface area contributed by atoms with E-state index in [1.165, 1.54) is 6.42 Å². The second kappa shape index (κ2) is 7.33. The molecule has 0 radical (unpaired) electrons. The fourth-order valence-corrected chi connectivity index (χ4v) is 2.14. The third kappa shape index (κ3) is 6.16. The Kier molecular flexibility index (Phi) is 9.27. The van der Waals surface area contributed by atoms with Crippen molar-refractivity contribution in [2.45, 2.75) is 58.0 Å². The fourth-order valence-electron chi connectivity index (χ4n) is 2.14. The Labute approximate surface area is 104 Å². The van der Waals surface area contributed by atoms with Crippen LogP contribution in [0.5, 0.6) is 0 Å². The van der Waals surface area contributed by atoms with Crippen molar-refractivity contribution >= 4 is 23.1 Å². The summed E-state index contributed by atoms with van der Waals surface area (Å²) in [7, 11) is 0. The molecule has 74 valence electrons. The Balaban J connectivity index is 0. The van der Waals surface area contributed by atoms with Crippen molar-refractivity contribution in [2.75, 3.05) is 0 Å². The molecule has 1 rings (SSSR count). The van der Waals surface area contributed by atoms with Gasteiger partial charge in [-0.1, -0.05) is 52.4 Å². The molecule has 1 saturated carbocycles. The first kappa shape index (κ1) is 16.4. The average Bonchev–Trinajstić information content (AvgIpc) is 1.85. The average molecular weight is 215 g/mol. The summed E-state index contributed by atoms with van der Waals surface area (Å²) in [5.41, 5.74) is -0.549. The first-order valence-electron chi connectivity index (χ1n) is 4.83. The Hall–Kier alpha value is 1.02. The molecule has 0 aromatic rings. The van der Waals surface area contributed by atoms with Gasteiger partial charge >= 0.3 is 23.1 Å². The van der Waals surface area contributed by atoms with E-state index in [1.54, 1.807) is 0 Å². The van der Waals surface area contributed by atoms with E-state index in [2.05, 4.69) is 13.8 Å². The first-order valence-corrected chi connectivity index (χ1v) is 4.83. The maximum Gasteiger partial charge on any atom is 2.00 e. The second-order valence-electron chi connectivity index (χ2n) is 4.34. The summed E-state index contributed by atoms with van der Waals surface area (Å²) in [6, 6.07) is 0. The fraction of sp³-hybridized carbons (Fsp3) is 1.00. The van der Waals surface area contributed by atoms with Gasteiger partial charge in [-0.2, -0.15) is 0 Å². The van der Waals surface area contributed by atoms with Crippen molar-refractivity contribution in [1.82, 2.24) is 0 Å². The quantitative estimate of drug-likeness (QED) is 0.526. The number of hydrogen-bond donors (Lipinski definition) is 0. The van der Waals surface area contributed by atoms with E-state index in [4.69, 9.17) is 0 Å². The van der Waals surface area contributed by atoms with Crippen LogP contribution in [0, 0.1) is 5.92 Å². The molecule has 0 aromatic heterocycles. The molecule has 0 aromatic carbocycles. The molecule has 0 unspecified atom stereocenters. The smallest absolute Gasteiger partial charge is 1.00 e. The SMILES string of the molecule is CC(C)CC1([O-])CCCCC1.[Cl-].[Mg+2]. The molecule has 0 heterocycles. The summed E-state index contributed by atoms with van der Waals surface area (Å²) in [6.07, 6.45) is 6.33. The van der Waals surface area contributed by atoms with Gasteiger partial charge in [-0.15, -0.1) is 5.60 Å². The first-order chi connectivity index (χ1) is 5.12. The number of hydrogen-bond acceptors (Lipinski definition) is 1. The Morgan fingerprint density at radius 2 is 1.62 bits per heavy atom. The van der Waals surface area contributed by atoms with Crippen LogP contribution in [0.15, 0.2) is 0 Å². The van der Waals surface area contributed by atoms with Crippen molar-refractivity contribution < 1.29 is 17.5 Å². The van der Waals surface area contributed by atoms with Gasteiger partial charge in [-0.05, 0) is 5.92 Å². The molecule has 1 fully saturated rings. The van der Waals surface area contributed by atoms with Crippen LogP contribution >= 0.6 is 0 Å². The largest absolute Gasteiger partial charge is 2.00 e. The van der Waals surface area contributed by atoms with Gasteiger partial charge in [0.25, 0.3) is 0 Å². The monoisotopic (exact) mass is 214 g/mol. The van der Waals surface area contributed by atoms with Crippen LogP contribution < -0.4 is 17.5 Å². The van der Waals surface area contributed by atoms with Gasteiger partial charge in [0, 0.05) is 0 Å². The summed E-state index contributed by atoms with van der Waals surface area (Å²) in [5.74, 6) is 0.575. The standard InChI is InChI=1S/C10H19O.ClH.Mg/c1-9(2)8-10(11)6-4-3-5-7-10;;/h9H,3-8H2,1-2H3;1H;/q-1;;+2/p-1. The summed E-state index contributed by atoms with van der Waals surface area (Å²) in [6.45, 7) is 4.29. The van der Waals surface area contributed by atoms with Crippen LogP contribution in [0.1, 0.15) is 52.4 Å². The maximum absolute atomic E-state index is 11.9. The molecular weight excluding hydrogens is 196 g/mol. The third-order valence-corrected chi connectivity index (χ3v) is 2.55. The van der Waals surface area contributed by atoms with Gasteiger partial charge in [0.05, 0.1) is 0 Å². The summed E-state index contributed by atoms with van der Waals surface area (Å²) >= 11 is 0. The molecule has 1 aliphatic carbocycles. The van der Waals surface area contributed by atoms with Crippen molar-refractivity contribution in [3.05, 3.63) is 0 Å². The summed E-state index contributed by atoms with van der Waals surface area (Å²) < 4.78 is 0. The molecular formula is C10H19ClMgO. The van der Waals surface area contributed by atoms with E-state index < -0.39 is 5.60 Å². The summed E-state index contributed by atoms with van der Waals surface area (Å²) in [4.78, 5) is 0. The van der Waals surface area contributed by atoms with E-state index in [-0.39, 0.29) is 35.5 Å². The molecule has 0 saturated heterocycles. The number of halogens is 1. The minimum absolute atomic E-state index is 0.